The maximum Gasteiger partial charge on any atom is 0.389 e. The second kappa shape index (κ2) is 5.63. The fraction of sp³-hybridized carbons (Fsp3) is 1.00. The molecule has 1 fully saturated rings. The van der Waals surface area contributed by atoms with E-state index in [4.69, 9.17) is 0 Å². The zero-order valence-electron chi connectivity index (χ0n) is 9.86. The normalized spacial score (nSPS) is 28.3. The van der Waals surface area contributed by atoms with Crippen molar-refractivity contribution in [2.24, 2.45) is 0 Å². The van der Waals surface area contributed by atoms with Gasteiger partial charge in [0.15, 0.2) is 0 Å². The summed E-state index contributed by atoms with van der Waals surface area (Å²) in [4.78, 5) is 0. The molecule has 0 saturated carbocycles. The lowest BCUT2D eigenvalue weighted by molar-refractivity contribution is -0.135. The summed E-state index contributed by atoms with van der Waals surface area (Å²) >= 11 is 1.89. The van der Waals surface area contributed by atoms with Crippen LogP contribution in [0.3, 0.4) is 0 Å². The average molecular weight is 255 g/mol. The molecule has 1 rings (SSSR count). The van der Waals surface area contributed by atoms with Gasteiger partial charge in [-0.3, -0.25) is 0 Å². The van der Waals surface area contributed by atoms with Crippen molar-refractivity contribution in [3.05, 3.63) is 0 Å². The molecule has 0 bridgehead atoms. The Morgan fingerprint density at radius 1 is 1.44 bits per heavy atom. The number of hydrogen-bond donors (Lipinski definition) is 1. The fourth-order valence-electron chi connectivity index (χ4n) is 2.34. The van der Waals surface area contributed by atoms with Gasteiger partial charge in [0.2, 0.25) is 0 Å². The van der Waals surface area contributed by atoms with E-state index in [1.54, 1.807) is 0 Å². The van der Waals surface area contributed by atoms with Gasteiger partial charge in [0, 0.05) is 17.2 Å². The van der Waals surface area contributed by atoms with E-state index < -0.39 is 12.6 Å². The molecule has 1 heterocycles. The van der Waals surface area contributed by atoms with Gasteiger partial charge in [-0.25, -0.2) is 0 Å². The zero-order chi connectivity index (χ0) is 12.2. The van der Waals surface area contributed by atoms with Crippen molar-refractivity contribution in [3.8, 4) is 0 Å². The van der Waals surface area contributed by atoms with Gasteiger partial charge >= 0.3 is 6.18 Å². The second-order valence-electron chi connectivity index (χ2n) is 4.61. The molecule has 5 heteroatoms. The lowest BCUT2D eigenvalue weighted by Crippen LogP contribution is -2.43. The maximum absolute atomic E-state index is 12.1. The molecule has 0 aromatic carbocycles. The summed E-state index contributed by atoms with van der Waals surface area (Å²) in [5.41, 5.74) is 0. The number of halogens is 3. The summed E-state index contributed by atoms with van der Waals surface area (Å²) in [5.74, 6) is 1.13. The van der Waals surface area contributed by atoms with Crippen molar-refractivity contribution in [1.29, 1.82) is 0 Å². The standard InChI is InChI=1S/C11H20F3NS/c1-10(6-4-8-16-10)9(15-2)5-3-7-11(12,13)14/h9,15H,3-8H2,1-2H3. The molecule has 0 aromatic heterocycles. The van der Waals surface area contributed by atoms with Crippen LogP contribution in [0.25, 0.3) is 0 Å². The van der Waals surface area contributed by atoms with E-state index in [0.29, 0.717) is 6.42 Å². The molecule has 0 radical (unpaired) electrons. The number of alkyl halides is 3. The first-order valence-electron chi connectivity index (χ1n) is 5.75. The quantitative estimate of drug-likeness (QED) is 0.805. The van der Waals surface area contributed by atoms with Crippen LogP contribution in [0.15, 0.2) is 0 Å². The van der Waals surface area contributed by atoms with E-state index >= 15 is 0 Å². The fourth-order valence-corrected chi connectivity index (χ4v) is 3.82. The van der Waals surface area contributed by atoms with Crippen molar-refractivity contribution >= 4 is 11.8 Å². The van der Waals surface area contributed by atoms with Gasteiger partial charge in [-0.15, -0.1) is 0 Å². The molecular weight excluding hydrogens is 235 g/mol. The SMILES string of the molecule is CNC(CCCC(F)(F)F)C1(C)CCCS1. The molecule has 2 unspecified atom stereocenters. The number of hydrogen-bond acceptors (Lipinski definition) is 2. The maximum atomic E-state index is 12.1. The third-order valence-electron chi connectivity index (χ3n) is 3.29. The largest absolute Gasteiger partial charge is 0.389 e. The highest BCUT2D eigenvalue weighted by molar-refractivity contribution is 8.00. The van der Waals surface area contributed by atoms with E-state index in [2.05, 4.69) is 12.2 Å². The Labute approximate surface area is 99.6 Å². The van der Waals surface area contributed by atoms with Crippen molar-refractivity contribution < 1.29 is 13.2 Å². The third kappa shape index (κ3) is 4.17. The molecule has 1 aliphatic heterocycles. The number of rotatable bonds is 5. The molecule has 1 saturated heterocycles. The molecule has 0 aliphatic carbocycles. The third-order valence-corrected chi connectivity index (χ3v) is 4.93. The highest BCUT2D eigenvalue weighted by Gasteiger charge is 2.37. The van der Waals surface area contributed by atoms with Crippen molar-refractivity contribution in [1.82, 2.24) is 5.32 Å². The van der Waals surface area contributed by atoms with Gasteiger partial charge in [0.1, 0.15) is 0 Å². The average Bonchev–Trinajstić information content (AvgIpc) is 2.59. The predicted molar refractivity (Wildman–Crippen MR) is 62.9 cm³/mol. The van der Waals surface area contributed by atoms with Crippen LogP contribution in [0.1, 0.15) is 39.0 Å². The summed E-state index contributed by atoms with van der Waals surface area (Å²) in [6, 6.07) is 0.197. The first-order chi connectivity index (χ1) is 7.37. The molecule has 1 nitrogen and oxygen atoms in total. The Kier molecular flexibility index (Phi) is 4.98. The van der Waals surface area contributed by atoms with E-state index in [0.717, 1.165) is 12.2 Å². The molecule has 0 aromatic rings. The molecule has 96 valence electrons. The van der Waals surface area contributed by atoms with Crippen molar-refractivity contribution in [2.75, 3.05) is 12.8 Å². The second-order valence-corrected chi connectivity index (χ2v) is 6.24. The topological polar surface area (TPSA) is 12.0 Å². The van der Waals surface area contributed by atoms with Crippen LogP contribution in [-0.2, 0) is 0 Å². The van der Waals surface area contributed by atoms with Crippen LogP contribution < -0.4 is 5.32 Å². The van der Waals surface area contributed by atoms with Crippen LogP contribution in [0.5, 0.6) is 0 Å². The van der Waals surface area contributed by atoms with Gasteiger partial charge in [0.25, 0.3) is 0 Å². The van der Waals surface area contributed by atoms with Crippen LogP contribution in [0, 0.1) is 0 Å². The Morgan fingerprint density at radius 2 is 2.12 bits per heavy atom. The van der Waals surface area contributed by atoms with E-state index in [1.807, 2.05) is 18.8 Å². The molecule has 16 heavy (non-hydrogen) atoms. The number of thioether (sulfide) groups is 1. The summed E-state index contributed by atoms with van der Waals surface area (Å²) in [6.45, 7) is 2.17. The van der Waals surface area contributed by atoms with Gasteiger partial charge in [-0.1, -0.05) is 0 Å². The Balaban J connectivity index is 2.37. The number of nitrogens with one attached hydrogen (secondary N) is 1. The monoisotopic (exact) mass is 255 g/mol. The summed E-state index contributed by atoms with van der Waals surface area (Å²) in [7, 11) is 1.85. The van der Waals surface area contributed by atoms with Gasteiger partial charge in [0.05, 0.1) is 0 Å². The van der Waals surface area contributed by atoms with Crippen molar-refractivity contribution in [2.45, 2.75) is 56.0 Å². The zero-order valence-corrected chi connectivity index (χ0v) is 10.7. The lowest BCUT2D eigenvalue weighted by atomic mass is 9.92. The van der Waals surface area contributed by atoms with Gasteiger partial charge in [-0.2, -0.15) is 24.9 Å². The van der Waals surface area contributed by atoms with Crippen LogP contribution in [0.4, 0.5) is 13.2 Å². The minimum absolute atomic E-state index is 0.125. The van der Waals surface area contributed by atoms with Crippen LogP contribution >= 0.6 is 11.8 Å². The minimum atomic E-state index is -4.01. The molecule has 2 atom stereocenters. The van der Waals surface area contributed by atoms with E-state index in [9.17, 15) is 13.2 Å². The summed E-state index contributed by atoms with van der Waals surface area (Å²) in [5, 5.41) is 3.18. The molecule has 1 aliphatic rings. The smallest absolute Gasteiger partial charge is 0.316 e. The van der Waals surface area contributed by atoms with Gasteiger partial charge in [-0.05, 0) is 45.4 Å². The molecular formula is C11H20F3NS. The van der Waals surface area contributed by atoms with Crippen LogP contribution in [0.2, 0.25) is 0 Å². The van der Waals surface area contributed by atoms with E-state index in [1.165, 1.54) is 6.42 Å². The minimum Gasteiger partial charge on any atom is -0.316 e. The lowest BCUT2D eigenvalue weighted by Gasteiger charge is -2.33. The summed E-state index contributed by atoms with van der Waals surface area (Å²) < 4.78 is 36.3. The van der Waals surface area contributed by atoms with Crippen molar-refractivity contribution in [3.63, 3.8) is 0 Å². The first-order valence-corrected chi connectivity index (χ1v) is 6.74. The Hall–Kier alpha value is 0.100. The molecule has 0 amide bonds. The predicted octanol–water partition coefficient (Wildman–Crippen LogP) is 3.59. The van der Waals surface area contributed by atoms with Crippen LogP contribution in [-0.4, -0.2) is 29.8 Å². The molecule has 1 N–H and O–H groups in total. The summed E-state index contributed by atoms with van der Waals surface area (Å²) in [6.07, 6.45) is -1.55. The Morgan fingerprint density at radius 3 is 2.56 bits per heavy atom. The van der Waals surface area contributed by atoms with E-state index in [-0.39, 0.29) is 17.2 Å². The first kappa shape index (κ1) is 14.2. The molecule has 0 spiro atoms. The van der Waals surface area contributed by atoms with Gasteiger partial charge < -0.3 is 5.32 Å². The highest BCUT2D eigenvalue weighted by Crippen LogP contribution is 2.42. The Bertz CT molecular complexity index is 212. The highest BCUT2D eigenvalue weighted by atomic mass is 32.2.